The van der Waals surface area contributed by atoms with E-state index in [9.17, 15) is 9.59 Å². The first-order chi connectivity index (χ1) is 17.6. The van der Waals surface area contributed by atoms with Crippen molar-refractivity contribution in [3.05, 3.63) is 101 Å². The Balaban J connectivity index is 1.36. The molecule has 184 valence electrons. The molecule has 0 aliphatic carbocycles. The summed E-state index contributed by atoms with van der Waals surface area (Å²) in [5.74, 6) is 0.181. The molecule has 1 aliphatic rings. The van der Waals surface area contributed by atoms with Gasteiger partial charge in [0, 0.05) is 41.8 Å². The van der Waals surface area contributed by atoms with Crippen molar-refractivity contribution in [1.82, 2.24) is 20.7 Å². The number of methoxy groups -OCH3 is 1. The van der Waals surface area contributed by atoms with Gasteiger partial charge in [0.2, 0.25) is 5.91 Å². The fourth-order valence-electron chi connectivity index (χ4n) is 4.80. The highest BCUT2D eigenvalue weighted by Crippen LogP contribution is 2.31. The fraction of sp³-hybridized carbons (Fsp3) is 0.214. The first kappa shape index (κ1) is 23.6. The fourth-order valence-corrected chi connectivity index (χ4v) is 4.80. The number of rotatable bonds is 7. The predicted octanol–water partition coefficient (Wildman–Crippen LogP) is 3.54. The van der Waals surface area contributed by atoms with E-state index in [0.29, 0.717) is 31.6 Å². The van der Waals surface area contributed by atoms with E-state index in [2.05, 4.69) is 27.3 Å². The van der Waals surface area contributed by atoms with Crippen LogP contribution in [-0.2, 0) is 30.8 Å². The molecule has 3 aromatic carbocycles. The van der Waals surface area contributed by atoms with Crippen LogP contribution in [0.3, 0.4) is 0 Å². The molecule has 5 rings (SSSR count). The van der Waals surface area contributed by atoms with Crippen molar-refractivity contribution in [3.63, 3.8) is 0 Å². The van der Waals surface area contributed by atoms with Crippen LogP contribution in [0.25, 0.3) is 10.9 Å². The number of amides is 2. The molecule has 1 atom stereocenters. The van der Waals surface area contributed by atoms with Crippen LogP contribution >= 0.6 is 0 Å². The largest absolute Gasteiger partial charge is 0.497 e. The maximum absolute atomic E-state index is 13.5. The molecule has 1 aliphatic heterocycles. The van der Waals surface area contributed by atoms with Crippen molar-refractivity contribution in [2.75, 3.05) is 7.11 Å². The Morgan fingerprint density at radius 3 is 2.47 bits per heavy atom. The van der Waals surface area contributed by atoms with E-state index in [1.807, 2.05) is 36.4 Å². The summed E-state index contributed by atoms with van der Waals surface area (Å²) in [6.45, 7) is 1.61. The number of nitrogens with zero attached hydrogens (tertiary/aromatic N) is 1. The Bertz CT molecular complexity index is 1380. The zero-order valence-corrected chi connectivity index (χ0v) is 20.0. The molecule has 0 radical (unpaired) electrons. The summed E-state index contributed by atoms with van der Waals surface area (Å²) >= 11 is 0. The molecular formula is C28H28N4O4. The normalized spacial score (nSPS) is 15.3. The van der Waals surface area contributed by atoms with E-state index in [1.165, 1.54) is 5.56 Å². The van der Waals surface area contributed by atoms with Crippen LogP contribution in [0.4, 0.5) is 0 Å². The lowest BCUT2D eigenvalue weighted by molar-refractivity contribution is -0.127. The maximum atomic E-state index is 13.5. The van der Waals surface area contributed by atoms with Gasteiger partial charge in [0.05, 0.1) is 13.2 Å². The number of fused-ring (bicyclic) bond motifs is 3. The van der Waals surface area contributed by atoms with E-state index in [-0.39, 0.29) is 11.9 Å². The highest BCUT2D eigenvalue weighted by molar-refractivity contribution is 5.93. The average molecular weight is 485 g/mol. The topological polar surface area (TPSA) is 107 Å². The van der Waals surface area contributed by atoms with Crippen molar-refractivity contribution >= 4 is 22.7 Å². The highest BCUT2D eigenvalue weighted by Gasteiger charge is 2.33. The van der Waals surface area contributed by atoms with E-state index in [1.54, 1.807) is 36.9 Å². The Morgan fingerprint density at radius 2 is 1.75 bits per heavy atom. The molecule has 0 spiro atoms. The molecule has 36 heavy (non-hydrogen) atoms. The predicted molar refractivity (Wildman–Crippen MR) is 136 cm³/mol. The molecule has 0 bridgehead atoms. The Labute approximate surface area is 208 Å². The van der Waals surface area contributed by atoms with Gasteiger partial charge in [-0.1, -0.05) is 42.5 Å². The third kappa shape index (κ3) is 4.82. The number of ether oxygens (including phenoxy) is 1. The lowest BCUT2D eigenvalue weighted by atomic mass is 9.95. The number of aromatic nitrogens is 1. The molecule has 8 nitrogen and oxygen atoms in total. The third-order valence-corrected chi connectivity index (χ3v) is 6.73. The summed E-state index contributed by atoms with van der Waals surface area (Å²) in [7, 11) is 1.65. The molecule has 0 unspecified atom stereocenters. The molecule has 0 saturated heterocycles. The maximum Gasteiger partial charge on any atom is 0.274 e. The second kappa shape index (κ2) is 10.2. The first-order valence-corrected chi connectivity index (χ1v) is 11.8. The zero-order valence-electron chi connectivity index (χ0n) is 20.0. The Morgan fingerprint density at radius 1 is 1.03 bits per heavy atom. The van der Waals surface area contributed by atoms with Gasteiger partial charge in [-0.2, -0.15) is 0 Å². The lowest BCUT2D eigenvalue weighted by Crippen LogP contribution is -2.49. The van der Waals surface area contributed by atoms with E-state index < -0.39 is 5.91 Å². The minimum Gasteiger partial charge on any atom is -0.497 e. The smallest absolute Gasteiger partial charge is 0.274 e. The number of carbonyl (C=O) groups excluding carboxylic acids is 2. The van der Waals surface area contributed by atoms with Crippen molar-refractivity contribution in [1.29, 1.82) is 0 Å². The molecule has 4 aromatic rings. The van der Waals surface area contributed by atoms with Gasteiger partial charge in [-0.05, 0) is 53.4 Å². The van der Waals surface area contributed by atoms with Crippen LogP contribution in [0, 0.1) is 0 Å². The van der Waals surface area contributed by atoms with E-state index in [0.717, 1.165) is 33.5 Å². The minimum atomic E-state index is -0.573. The van der Waals surface area contributed by atoms with Crippen molar-refractivity contribution in [2.45, 2.75) is 32.1 Å². The number of benzene rings is 3. The quantitative estimate of drug-likeness (QED) is 0.237. The number of para-hydroxylation sites is 1. The van der Waals surface area contributed by atoms with Gasteiger partial charge in [-0.3, -0.25) is 19.7 Å². The SMILES string of the molecule is COc1ccc(CN2Cc3[nH]c4ccccc4c3C[C@@H]2C(=O)NCc2ccc(C(=O)NO)cc2)cc1. The first-order valence-electron chi connectivity index (χ1n) is 11.8. The molecular weight excluding hydrogens is 456 g/mol. The summed E-state index contributed by atoms with van der Waals surface area (Å²) in [5.41, 5.74) is 7.35. The second-order valence-electron chi connectivity index (χ2n) is 8.96. The van der Waals surface area contributed by atoms with Gasteiger partial charge < -0.3 is 15.0 Å². The summed E-state index contributed by atoms with van der Waals surface area (Å²) in [4.78, 5) is 30.8. The number of carbonyl (C=O) groups is 2. The Hall–Kier alpha value is -4.14. The van der Waals surface area contributed by atoms with Gasteiger partial charge in [0.1, 0.15) is 5.75 Å². The summed E-state index contributed by atoms with van der Waals surface area (Å²) in [5, 5.41) is 13.0. The van der Waals surface area contributed by atoms with Gasteiger partial charge in [-0.25, -0.2) is 5.48 Å². The molecule has 2 heterocycles. The average Bonchev–Trinajstić information content (AvgIpc) is 3.29. The van der Waals surface area contributed by atoms with Crippen molar-refractivity contribution in [2.24, 2.45) is 0 Å². The van der Waals surface area contributed by atoms with Crippen molar-refractivity contribution in [3.8, 4) is 5.75 Å². The van der Waals surface area contributed by atoms with Gasteiger partial charge in [0.25, 0.3) is 5.91 Å². The van der Waals surface area contributed by atoms with Gasteiger partial charge in [0.15, 0.2) is 0 Å². The number of nitrogens with one attached hydrogen (secondary N) is 3. The number of hydrogen-bond donors (Lipinski definition) is 4. The standard InChI is InChI=1S/C28H28N4O4/c1-36-21-12-8-19(9-13-21)16-32-17-25-23(22-4-2-3-5-24(22)30-25)14-26(32)28(34)29-15-18-6-10-20(11-7-18)27(33)31-35/h2-13,26,30,35H,14-17H2,1H3,(H,29,34)(H,31,33)/t26-/m1/s1. The Kier molecular flexibility index (Phi) is 6.71. The zero-order chi connectivity index (χ0) is 25.1. The lowest BCUT2D eigenvalue weighted by Gasteiger charge is -2.35. The minimum absolute atomic E-state index is 0.0448. The van der Waals surface area contributed by atoms with Crippen LogP contribution in [0.2, 0.25) is 0 Å². The number of hydroxylamine groups is 1. The van der Waals surface area contributed by atoms with Crippen LogP contribution in [0.1, 0.15) is 32.7 Å². The molecule has 1 aromatic heterocycles. The second-order valence-corrected chi connectivity index (χ2v) is 8.96. The van der Waals surface area contributed by atoms with Crippen LogP contribution in [-0.4, -0.2) is 40.1 Å². The van der Waals surface area contributed by atoms with Crippen molar-refractivity contribution < 1.29 is 19.5 Å². The highest BCUT2D eigenvalue weighted by atomic mass is 16.5. The number of aromatic amines is 1. The molecule has 0 saturated carbocycles. The van der Waals surface area contributed by atoms with E-state index >= 15 is 0 Å². The summed E-state index contributed by atoms with van der Waals surface area (Å²) in [6.07, 6.45) is 0.608. The number of H-pyrrole nitrogens is 1. The molecule has 4 N–H and O–H groups in total. The van der Waals surface area contributed by atoms with Gasteiger partial charge >= 0.3 is 0 Å². The van der Waals surface area contributed by atoms with Crippen LogP contribution < -0.4 is 15.5 Å². The van der Waals surface area contributed by atoms with Gasteiger partial charge in [-0.15, -0.1) is 0 Å². The monoisotopic (exact) mass is 484 g/mol. The molecule has 2 amide bonds. The van der Waals surface area contributed by atoms with Crippen LogP contribution in [0.5, 0.6) is 5.75 Å². The van der Waals surface area contributed by atoms with Crippen LogP contribution in [0.15, 0.2) is 72.8 Å². The number of hydrogen-bond acceptors (Lipinski definition) is 5. The molecule has 0 fully saturated rings. The summed E-state index contributed by atoms with van der Waals surface area (Å²) in [6, 6.07) is 22.5. The molecule has 8 heteroatoms. The third-order valence-electron chi connectivity index (χ3n) is 6.73. The van der Waals surface area contributed by atoms with E-state index in [4.69, 9.17) is 9.94 Å². The summed E-state index contributed by atoms with van der Waals surface area (Å²) < 4.78 is 5.28.